The molecule has 1 saturated heterocycles. The van der Waals surface area contributed by atoms with Crippen LogP contribution in [0.5, 0.6) is 0 Å². The summed E-state index contributed by atoms with van der Waals surface area (Å²) in [5.74, 6) is 0. The van der Waals surface area contributed by atoms with Gasteiger partial charge in [-0.15, -0.1) is 0 Å². The highest BCUT2D eigenvalue weighted by Crippen LogP contribution is 2.34. The summed E-state index contributed by atoms with van der Waals surface area (Å²) in [5, 5.41) is 12.4. The van der Waals surface area contributed by atoms with E-state index in [1.807, 2.05) is 30.3 Å². The minimum absolute atomic E-state index is 0.283. The van der Waals surface area contributed by atoms with Gasteiger partial charge in [0.1, 0.15) is 0 Å². The third kappa shape index (κ3) is 4.63. The Labute approximate surface area is 161 Å². The van der Waals surface area contributed by atoms with Gasteiger partial charge in [-0.2, -0.15) is 18.4 Å². The molecule has 0 aliphatic carbocycles. The van der Waals surface area contributed by atoms with Crippen molar-refractivity contribution in [1.82, 2.24) is 4.90 Å². The van der Waals surface area contributed by atoms with E-state index in [-0.39, 0.29) is 12.2 Å². The molecule has 1 unspecified atom stereocenters. The number of nitrogens with zero attached hydrogens (tertiary/aromatic N) is 2. The molecule has 4 nitrogen and oxygen atoms in total. The molecular weight excluding hydrogens is 367 g/mol. The molecule has 1 atom stereocenters. The van der Waals surface area contributed by atoms with Gasteiger partial charge in [-0.3, -0.25) is 0 Å². The van der Waals surface area contributed by atoms with Crippen LogP contribution in [-0.2, 0) is 12.6 Å². The van der Waals surface area contributed by atoms with Gasteiger partial charge < -0.3 is 10.2 Å². The normalized spacial score (nSPS) is 19.7. The quantitative estimate of drug-likeness (QED) is 0.798. The Kier molecular flexibility index (Phi) is 5.59. The van der Waals surface area contributed by atoms with Gasteiger partial charge in [0.2, 0.25) is 0 Å². The Morgan fingerprint density at radius 2 is 1.82 bits per heavy atom. The number of amides is 2. The number of halogens is 3. The Balaban J connectivity index is 1.67. The van der Waals surface area contributed by atoms with E-state index in [9.17, 15) is 23.2 Å². The van der Waals surface area contributed by atoms with Crippen molar-refractivity contribution >= 4 is 11.7 Å². The summed E-state index contributed by atoms with van der Waals surface area (Å²) in [6.07, 6.45) is -2.48. The fourth-order valence-corrected chi connectivity index (χ4v) is 3.51. The molecule has 2 aromatic carbocycles. The maximum Gasteiger partial charge on any atom is 0.416 e. The van der Waals surface area contributed by atoms with Gasteiger partial charge in [0.25, 0.3) is 0 Å². The third-order valence-corrected chi connectivity index (χ3v) is 4.95. The summed E-state index contributed by atoms with van der Waals surface area (Å²) < 4.78 is 38.0. The summed E-state index contributed by atoms with van der Waals surface area (Å²) in [4.78, 5) is 14.2. The maximum absolute atomic E-state index is 12.7. The van der Waals surface area contributed by atoms with Crippen LogP contribution in [-0.4, -0.2) is 24.0 Å². The molecule has 1 aliphatic rings. The zero-order chi connectivity index (χ0) is 20.2. The first-order valence-corrected chi connectivity index (χ1v) is 9.00. The molecule has 3 rings (SSSR count). The molecule has 7 heteroatoms. The fourth-order valence-electron chi connectivity index (χ4n) is 3.51. The van der Waals surface area contributed by atoms with Crippen molar-refractivity contribution in [3.05, 3.63) is 65.7 Å². The zero-order valence-corrected chi connectivity index (χ0v) is 15.2. The van der Waals surface area contributed by atoms with Crippen LogP contribution in [0.3, 0.4) is 0 Å². The van der Waals surface area contributed by atoms with E-state index < -0.39 is 23.2 Å². The van der Waals surface area contributed by atoms with Gasteiger partial charge in [-0.1, -0.05) is 30.3 Å². The lowest BCUT2D eigenvalue weighted by atomic mass is 9.76. The van der Waals surface area contributed by atoms with E-state index in [1.54, 1.807) is 4.90 Å². The largest absolute Gasteiger partial charge is 0.416 e. The summed E-state index contributed by atoms with van der Waals surface area (Å²) in [7, 11) is 0. The molecule has 28 heavy (non-hydrogen) atoms. The second kappa shape index (κ2) is 7.93. The lowest BCUT2D eigenvalue weighted by molar-refractivity contribution is -0.137. The molecule has 1 fully saturated rings. The molecule has 2 aromatic rings. The Bertz CT molecular complexity index is 859. The molecule has 146 valence electrons. The number of benzene rings is 2. The number of hydrogen-bond donors (Lipinski definition) is 1. The van der Waals surface area contributed by atoms with Crippen molar-refractivity contribution in [2.24, 2.45) is 5.41 Å². The number of urea groups is 1. The number of anilines is 1. The number of carbonyl (C=O) groups is 1. The number of carbonyl (C=O) groups excluding carboxylic acids is 1. The van der Waals surface area contributed by atoms with Crippen molar-refractivity contribution in [2.75, 3.05) is 18.4 Å². The topological polar surface area (TPSA) is 56.1 Å². The highest BCUT2D eigenvalue weighted by atomic mass is 19.4. The van der Waals surface area contributed by atoms with Crippen LogP contribution in [0.4, 0.5) is 23.7 Å². The monoisotopic (exact) mass is 387 g/mol. The molecule has 0 radical (unpaired) electrons. The summed E-state index contributed by atoms with van der Waals surface area (Å²) >= 11 is 0. The van der Waals surface area contributed by atoms with Crippen LogP contribution in [0.1, 0.15) is 24.0 Å². The second-order valence-electron chi connectivity index (χ2n) is 7.08. The first kappa shape index (κ1) is 19.7. The van der Waals surface area contributed by atoms with Crippen molar-refractivity contribution < 1.29 is 18.0 Å². The van der Waals surface area contributed by atoms with E-state index in [2.05, 4.69) is 11.4 Å². The standard InChI is InChI=1S/C21H20F3N3O/c22-21(23,24)17-7-9-18(10-8-17)26-19(28)27-12-4-11-20(14-25,15-27)13-16-5-2-1-3-6-16/h1-3,5-10H,4,11-13,15H2,(H,26,28). The average molecular weight is 387 g/mol. The summed E-state index contributed by atoms with van der Waals surface area (Å²) in [5.41, 5.74) is -0.116. The van der Waals surface area contributed by atoms with Crippen LogP contribution in [0, 0.1) is 16.7 Å². The summed E-state index contributed by atoms with van der Waals surface area (Å²) in [6, 6.07) is 16.0. The van der Waals surface area contributed by atoms with Crippen LogP contribution < -0.4 is 5.32 Å². The third-order valence-electron chi connectivity index (χ3n) is 4.95. The lowest BCUT2D eigenvalue weighted by Gasteiger charge is -2.38. The molecule has 1 N–H and O–H groups in total. The predicted molar refractivity (Wildman–Crippen MR) is 99.5 cm³/mol. The fraction of sp³-hybridized carbons (Fsp3) is 0.333. The highest BCUT2D eigenvalue weighted by Gasteiger charge is 2.37. The van der Waals surface area contributed by atoms with E-state index >= 15 is 0 Å². The van der Waals surface area contributed by atoms with Crippen LogP contribution in [0.25, 0.3) is 0 Å². The van der Waals surface area contributed by atoms with Crippen molar-refractivity contribution in [1.29, 1.82) is 5.26 Å². The number of piperidine rings is 1. The van der Waals surface area contributed by atoms with E-state index in [0.29, 0.717) is 25.8 Å². The molecular formula is C21H20F3N3O. The smallest absolute Gasteiger partial charge is 0.323 e. The zero-order valence-electron chi connectivity index (χ0n) is 15.2. The van der Waals surface area contributed by atoms with Crippen LogP contribution in [0.15, 0.2) is 54.6 Å². The molecule has 2 amide bonds. The molecule has 0 aromatic heterocycles. The molecule has 1 aliphatic heterocycles. The van der Waals surface area contributed by atoms with E-state index in [1.165, 1.54) is 12.1 Å². The second-order valence-corrected chi connectivity index (χ2v) is 7.08. The molecule has 0 bridgehead atoms. The SMILES string of the molecule is N#CC1(Cc2ccccc2)CCCN(C(=O)Nc2ccc(C(F)(F)F)cc2)C1. The van der Waals surface area contributed by atoms with Gasteiger partial charge in [-0.25, -0.2) is 4.79 Å². The Morgan fingerprint density at radius 1 is 1.14 bits per heavy atom. The van der Waals surface area contributed by atoms with E-state index in [0.717, 1.165) is 17.7 Å². The average Bonchev–Trinajstić information content (AvgIpc) is 2.68. The van der Waals surface area contributed by atoms with Crippen molar-refractivity contribution in [2.45, 2.75) is 25.4 Å². The van der Waals surface area contributed by atoms with Crippen LogP contribution in [0.2, 0.25) is 0 Å². The Morgan fingerprint density at radius 3 is 2.43 bits per heavy atom. The van der Waals surface area contributed by atoms with Gasteiger partial charge in [0.15, 0.2) is 0 Å². The minimum Gasteiger partial charge on any atom is -0.323 e. The first-order valence-electron chi connectivity index (χ1n) is 9.00. The van der Waals surface area contributed by atoms with E-state index in [4.69, 9.17) is 0 Å². The van der Waals surface area contributed by atoms with Crippen LogP contribution >= 0.6 is 0 Å². The van der Waals surface area contributed by atoms with Crippen molar-refractivity contribution in [3.8, 4) is 6.07 Å². The summed E-state index contributed by atoms with van der Waals surface area (Å²) in [6.45, 7) is 0.787. The maximum atomic E-state index is 12.7. The minimum atomic E-state index is -4.42. The van der Waals surface area contributed by atoms with Crippen molar-refractivity contribution in [3.63, 3.8) is 0 Å². The number of nitriles is 1. The highest BCUT2D eigenvalue weighted by molar-refractivity contribution is 5.89. The number of rotatable bonds is 3. The number of nitrogens with one attached hydrogen (secondary N) is 1. The van der Waals surface area contributed by atoms with Gasteiger partial charge >= 0.3 is 12.2 Å². The van der Waals surface area contributed by atoms with Gasteiger partial charge in [0, 0.05) is 18.8 Å². The molecule has 0 saturated carbocycles. The molecule has 0 spiro atoms. The Hall–Kier alpha value is -3.01. The van der Waals surface area contributed by atoms with Gasteiger partial charge in [0.05, 0.1) is 17.0 Å². The van der Waals surface area contributed by atoms with Gasteiger partial charge in [-0.05, 0) is 49.1 Å². The predicted octanol–water partition coefficient (Wildman–Crippen LogP) is 5.09. The number of alkyl halides is 3. The first-order chi connectivity index (χ1) is 13.3. The number of likely N-dealkylation sites (tertiary alicyclic amines) is 1. The molecule has 1 heterocycles. The number of hydrogen-bond acceptors (Lipinski definition) is 2. The lowest BCUT2D eigenvalue weighted by Crippen LogP contribution is -2.48.